The Hall–Kier alpha value is -2.41. The first-order valence-electron chi connectivity index (χ1n) is 7.38. The summed E-state index contributed by atoms with van der Waals surface area (Å²) in [5, 5.41) is 0. The maximum absolute atomic E-state index is 4.53. The lowest BCUT2D eigenvalue weighted by molar-refractivity contribution is 0.958. The van der Waals surface area contributed by atoms with Crippen molar-refractivity contribution in [3.8, 4) is 11.3 Å². The van der Waals surface area contributed by atoms with Crippen LogP contribution >= 0.6 is 0 Å². The Morgan fingerprint density at radius 3 is 2.33 bits per heavy atom. The van der Waals surface area contributed by atoms with Crippen molar-refractivity contribution >= 4 is 0 Å². The summed E-state index contributed by atoms with van der Waals surface area (Å²) in [6, 6.07) is 23.3. The summed E-state index contributed by atoms with van der Waals surface area (Å²) in [7, 11) is 0. The molecule has 0 fully saturated rings. The molecule has 3 rings (SSSR count). The Bertz CT molecular complexity index is 702. The molecular formula is C20H19N. The minimum absolute atomic E-state index is 1.04. The Morgan fingerprint density at radius 1 is 0.762 bits per heavy atom. The molecule has 0 spiro atoms. The van der Waals surface area contributed by atoms with Crippen molar-refractivity contribution in [2.75, 3.05) is 0 Å². The van der Waals surface area contributed by atoms with Crippen molar-refractivity contribution in [1.82, 2.24) is 4.98 Å². The Morgan fingerprint density at radius 2 is 1.57 bits per heavy atom. The fraction of sp³-hybridized carbons (Fsp3) is 0.150. The molecule has 104 valence electrons. The standard InChI is InChI=1S/C20H19N/c1-16-8-7-11-18(14-13-17-9-3-2-4-10-17)20(16)19-12-5-6-15-21-19/h2-12,15H,13-14H2,1H3. The predicted octanol–water partition coefficient (Wildman–Crippen LogP) is 4.84. The summed E-state index contributed by atoms with van der Waals surface area (Å²) >= 11 is 0. The molecule has 0 N–H and O–H groups in total. The predicted molar refractivity (Wildman–Crippen MR) is 88.3 cm³/mol. The average molecular weight is 273 g/mol. The van der Waals surface area contributed by atoms with Crippen molar-refractivity contribution in [1.29, 1.82) is 0 Å². The topological polar surface area (TPSA) is 12.9 Å². The van der Waals surface area contributed by atoms with Crippen LogP contribution in [0.25, 0.3) is 11.3 Å². The molecule has 0 unspecified atom stereocenters. The Kier molecular flexibility index (Phi) is 4.11. The fourth-order valence-electron chi connectivity index (χ4n) is 2.74. The molecule has 0 radical (unpaired) electrons. The van der Waals surface area contributed by atoms with Crippen LogP contribution in [0, 0.1) is 6.92 Å². The number of aryl methyl sites for hydroxylation is 3. The molecule has 21 heavy (non-hydrogen) atoms. The second kappa shape index (κ2) is 6.36. The van der Waals surface area contributed by atoms with Gasteiger partial charge in [0.2, 0.25) is 0 Å². The normalized spacial score (nSPS) is 10.5. The van der Waals surface area contributed by atoms with E-state index in [0.717, 1.165) is 18.5 Å². The van der Waals surface area contributed by atoms with Gasteiger partial charge in [-0.15, -0.1) is 0 Å². The van der Waals surface area contributed by atoms with Gasteiger partial charge in [-0.2, -0.15) is 0 Å². The van der Waals surface area contributed by atoms with Crippen LogP contribution in [0.1, 0.15) is 16.7 Å². The van der Waals surface area contributed by atoms with Crippen LogP contribution in [-0.2, 0) is 12.8 Å². The molecule has 3 aromatic rings. The second-order valence-corrected chi connectivity index (χ2v) is 5.31. The lowest BCUT2D eigenvalue weighted by atomic mass is 9.94. The van der Waals surface area contributed by atoms with E-state index in [1.807, 2.05) is 12.3 Å². The first-order chi connectivity index (χ1) is 10.3. The summed E-state index contributed by atoms with van der Waals surface area (Å²) in [5.41, 5.74) is 6.40. The van der Waals surface area contributed by atoms with E-state index in [1.165, 1.54) is 22.3 Å². The van der Waals surface area contributed by atoms with Crippen LogP contribution in [0.3, 0.4) is 0 Å². The fourth-order valence-corrected chi connectivity index (χ4v) is 2.74. The minimum atomic E-state index is 1.04. The van der Waals surface area contributed by atoms with Gasteiger partial charge in [-0.1, -0.05) is 54.6 Å². The van der Waals surface area contributed by atoms with E-state index < -0.39 is 0 Å². The largest absolute Gasteiger partial charge is 0.256 e. The quantitative estimate of drug-likeness (QED) is 0.662. The van der Waals surface area contributed by atoms with Gasteiger partial charge in [-0.05, 0) is 48.6 Å². The lowest BCUT2D eigenvalue weighted by Gasteiger charge is -2.12. The zero-order valence-electron chi connectivity index (χ0n) is 12.3. The highest BCUT2D eigenvalue weighted by Gasteiger charge is 2.09. The summed E-state index contributed by atoms with van der Waals surface area (Å²) in [6.45, 7) is 2.16. The molecule has 1 heteroatoms. The van der Waals surface area contributed by atoms with E-state index in [9.17, 15) is 0 Å². The van der Waals surface area contributed by atoms with Gasteiger partial charge in [0.05, 0.1) is 5.69 Å². The number of benzene rings is 2. The average Bonchev–Trinajstić information content (AvgIpc) is 2.55. The third-order valence-electron chi connectivity index (χ3n) is 3.81. The molecule has 0 saturated heterocycles. The Labute approximate surface area is 126 Å². The number of hydrogen-bond acceptors (Lipinski definition) is 1. The van der Waals surface area contributed by atoms with Crippen LogP contribution in [0.5, 0.6) is 0 Å². The first-order valence-corrected chi connectivity index (χ1v) is 7.38. The minimum Gasteiger partial charge on any atom is -0.256 e. The van der Waals surface area contributed by atoms with E-state index >= 15 is 0 Å². The SMILES string of the molecule is Cc1cccc(CCc2ccccc2)c1-c1ccccn1. The Balaban J connectivity index is 1.91. The van der Waals surface area contributed by atoms with E-state index in [0.29, 0.717) is 0 Å². The van der Waals surface area contributed by atoms with Crippen molar-refractivity contribution in [2.24, 2.45) is 0 Å². The van der Waals surface area contributed by atoms with Gasteiger partial charge in [0.15, 0.2) is 0 Å². The third kappa shape index (κ3) is 3.19. The highest BCUT2D eigenvalue weighted by Crippen LogP contribution is 2.26. The summed E-state index contributed by atoms with van der Waals surface area (Å²) in [5.74, 6) is 0. The number of pyridine rings is 1. The van der Waals surface area contributed by atoms with Gasteiger partial charge in [-0.3, -0.25) is 4.98 Å². The molecule has 2 aromatic carbocycles. The first kappa shape index (κ1) is 13.6. The van der Waals surface area contributed by atoms with Gasteiger partial charge in [0.25, 0.3) is 0 Å². The number of hydrogen-bond donors (Lipinski definition) is 0. The zero-order valence-corrected chi connectivity index (χ0v) is 12.3. The molecule has 1 nitrogen and oxygen atoms in total. The molecular weight excluding hydrogens is 254 g/mol. The van der Waals surface area contributed by atoms with Gasteiger partial charge in [0.1, 0.15) is 0 Å². The molecule has 0 amide bonds. The van der Waals surface area contributed by atoms with Crippen molar-refractivity contribution < 1.29 is 0 Å². The van der Waals surface area contributed by atoms with Crippen molar-refractivity contribution in [3.05, 3.63) is 89.6 Å². The number of rotatable bonds is 4. The maximum Gasteiger partial charge on any atom is 0.0707 e. The van der Waals surface area contributed by atoms with Crippen molar-refractivity contribution in [3.63, 3.8) is 0 Å². The third-order valence-corrected chi connectivity index (χ3v) is 3.81. The zero-order chi connectivity index (χ0) is 14.5. The smallest absolute Gasteiger partial charge is 0.0707 e. The molecule has 0 aliphatic rings. The highest BCUT2D eigenvalue weighted by molar-refractivity contribution is 5.67. The van der Waals surface area contributed by atoms with Crippen LogP contribution < -0.4 is 0 Å². The molecule has 1 heterocycles. The molecule has 0 bridgehead atoms. The van der Waals surface area contributed by atoms with Crippen LogP contribution in [0.4, 0.5) is 0 Å². The van der Waals surface area contributed by atoms with E-state index in [1.54, 1.807) is 0 Å². The van der Waals surface area contributed by atoms with E-state index in [4.69, 9.17) is 0 Å². The van der Waals surface area contributed by atoms with Crippen LogP contribution in [0.15, 0.2) is 72.9 Å². The molecule has 0 atom stereocenters. The van der Waals surface area contributed by atoms with Gasteiger partial charge in [-0.25, -0.2) is 0 Å². The number of nitrogens with zero attached hydrogens (tertiary/aromatic N) is 1. The van der Waals surface area contributed by atoms with Crippen LogP contribution in [-0.4, -0.2) is 4.98 Å². The lowest BCUT2D eigenvalue weighted by Crippen LogP contribution is -1.97. The highest BCUT2D eigenvalue weighted by atomic mass is 14.7. The molecule has 0 aliphatic heterocycles. The summed E-state index contributed by atoms with van der Waals surface area (Å²) in [6.07, 6.45) is 3.96. The van der Waals surface area contributed by atoms with E-state index in [-0.39, 0.29) is 0 Å². The summed E-state index contributed by atoms with van der Waals surface area (Å²) < 4.78 is 0. The summed E-state index contributed by atoms with van der Waals surface area (Å²) in [4.78, 5) is 4.53. The molecule has 0 saturated carbocycles. The molecule has 0 aliphatic carbocycles. The second-order valence-electron chi connectivity index (χ2n) is 5.31. The van der Waals surface area contributed by atoms with Gasteiger partial charge < -0.3 is 0 Å². The van der Waals surface area contributed by atoms with Crippen LogP contribution in [0.2, 0.25) is 0 Å². The monoisotopic (exact) mass is 273 g/mol. The molecule has 1 aromatic heterocycles. The van der Waals surface area contributed by atoms with Gasteiger partial charge >= 0.3 is 0 Å². The maximum atomic E-state index is 4.53. The van der Waals surface area contributed by atoms with Gasteiger partial charge in [0, 0.05) is 11.8 Å². The number of aromatic nitrogens is 1. The van der Waals surface area contributed by atoms with Crippen molar-refractivity contribution in [2.45, 2.75) is 19.8 Å². The van der Waals surface area contributed by atoms with E-state index in [2.05, 4.69) is 72.6 Å².